The van der Waals surface area contributed by atoms with Crippen LogP contribution >= 0.6 is 0 Å². The van der Waals surface area contributed by atoms with Crippen molar-refractivity contribution >= 4 is 18.5 Å². The molecule has 1 fully saturated rings. The van der Waals surface area contributed by atoms with Gasteiger partial charge in [0.25, 0.3) is 5.91 Å². The topological polar surface area (TPSA) is 82.4 Å². The summed E-state index contributed by atoms with van der Waals surface area (Å²) in [5.74, 6) is 0.273. The number of fused-ring (bicyclic) bond motifs is 1. The molecule has 1 aliphatic heterocycles. The van der Waals surface area contributed by atoms with Crippen molar-refractivity contribution in [1.29, 1.82) is 5.26 Å². The highest BCUT2D eigenvalue weighted by Crippen LogP contribution is 2.28. The van der Waals surface area contributed by atoms with E-state index in [1.165, 1.54) is 0 Å². The number of nitrogens with zero attached hydrogens (tertiary/aromatic N) is 1. The van der Waals surface area contributed by atoms with Crippen LogP contribution in [0.1, 0.15) is 41.6 Å². The number of carbonyl (C=O) groups is 1. The van der Waals surface area contributed by atoms with Crippen LogP contribution in [0.5, 0.6) is 0 Å². The van der Waals surface area contributed by atoms with E-state index in [9.17, 15) is 9.82 Å². The second-order valence-corrected chi connectivity index (χ2v) is 5.79. The van der Waals surface area contributed by atoms with Gasteiger partial charge in [0.15, 0.2) is 0 Å². The molecule has 1 amide bonds. The third-order valence-corrected chi connectivity index (χ3v) is 4.33. The molecule has 1 aromatic rings. The Kier molecular flexibility index (Phi) is 3.95. The van der Waals surface area contributed by atoms with E-state index in [0.717, 1.165) is 24.8 Å². The lowest BCUT2D eigenvalue weighted by Gasteiger charge is -2.13. The van der Waals surface area contributed by atoms with Gasteiger partial charge in [-0.2, -0.15) is 5.26 Å². The van der Waals surface area contributed by atoms with Crippen LogP contribution in [0, 0.1) is 17.2 Å². The fraction of sp³-hybridized carbons (Fsp3) is 0.467. The Morgan fingerprint density at radius 1 is 1.52 bits per heavy atom. The molecule has 1 heterocycles. The second-order valence-electron chi connectivity index (χ2n) is 5.79. The molecule has 0 spiro atoms. The lowest BCUT2D eigenvalue weighted by molar-refractivity contribution is 0.0937. The van der Waals surface area contributed by atoms with Crippen molar-refractivity contribution in [3.8, 4) is 6.07 Å². The number of carbonyl (C=O) groups excluding carboxylic acids is 1. The van der Waals surface area contributed by atoms with E-state index in [0.29, 0.717) is 30.0 Å². The van der Waals surface area contributed by atoms with Gasteiger partial charge in [-0.05, 0) is 48.3 Å². The number of hydrogen-bond acceptors (Lipinski definition) is 4. The SMILES string of the molecule is N#CC[C@@H]1CC[C@H](NC(=O)c2ccc3c(c2)B(O)OC3)C1. The fourth-order valence-electron chi connectivity index (χ4n) is 3.15. The highest BCUT2D eigenvalue weighted by atomic mass is 16.5. The Morgan fingerprint density at radius 3 is 3.19 bits per heavy atom. The molecule has 0 bridgehead atoms. The maximum atomic E-state index is 12.3. The van der Waals surface area contributed by atoms with Crippen LogP contribution in [0.2, 0.25) is 0 Å². The van der Waals surface area contributed by atoms with Gasteiger partial charge in [-0.25, -0.2) is 0 Å². The summed E-state index contributed by atoms with van der Waals surface area (Å²) in [6.07, 6.45) is 3.36. The molecule has 0 aromatic heterocycles. The first-order valence-electron chi connectivity index (χ1n) is 7.27. The summed E-state index contributed by atoms with van der Waals surface area (Å²) in [6.45, 7) is 0.386. The Hall–Kier alpha value is -1.84. The molecule has 2 atom stereocenters. The minimum absolute atomic E-state index is 0.125. The Bertz CT molecular complexity index is 599. The standard InChI is InChI=1S/C15H17BN2O3/c17-6-5-10-1-4-13(7-10)18-15(19)11-2-3-12-9-21-16(20)14(12)8-11/h2-3,8,10,13,20H,1,4-5,7,9H2,(H,18,19)/t10-,13-/m0/s1. The molecule has 21 heavy (non-hydrogen) atoms. The molecule has 1 saturated carbocycles. The number of hydrogen-bond donors (Lipinski definition) is 2. The zero-order chi connectivity index (χ0) is 14.8. The van der Waals surface area contributed by atoms with Gasteiger partial charge in [-0.15, -0.1) is 0 Å². The molecular weight excluding hydrogens is 267 g/mol. The molecule has 6 heteroatoms. The summed E-state index contributed by atoms with van der Waals surface area (Å²) in [4.78, 5) is 12.3. The summed E-state index contributed by atoms with van der Waals surface area (Å²) in [5, 5.41) is 21.4. The Balaban J connectivity index is 1.64. The molecule has 3 rings (SSSR count). The quantitative estimate of drug-likeness (QED) is 0.801. The van der Waals surface area contributed by atoms with Crippen LogP contribution in [-0.4, -0.2) is 24.1 Å². The third kappa shape index (κ3) is 2.94. The maximum absolute atomic E-state index is 12.3. The number of nitriles is 1. The van der Waals surface area contributed by atoms with E-state index in [2.05, 4.69) is 11.4 Å². The monoisotopic (exact) mass is 284 g/mol. The Morgan fingerprint density at radius 2 is 2.38 bits per heavy atom. The molecule has 108 valence electrons. The first-order chi connectivity index (χ1) is 10.2. The minimum Gasteiger partial charge on any atom is -0.423 e. The Labute approximate surface area is 124 Å². The van der Waals surface area contributed by atoms with Crippen molar-refractivity contribution in [3.05, 3.63) is 29.3 Å². The van der Waals surface area contributed by atoms with Crippen molar-refractivity contribution in [2.75, 3.05) is 0 Å². The van der Waals surface area contributed by atoms with Gasteiger partial charge in [-0.1, -0.05) is 6.07 Å². The number of amides is 1. The maximum Gasteiger partial charge on any atom is 0.491 e. The highest BCUT2D eigenvalue weighted by Gasteiger charge is 2.29. The third-order valence-electron chi connectivity index (χ3n) is 4.33. The fourth-order valence-corrected chi connectivity index (χ4v) is 3.15. The van der Waals surface area contributed by atoms with E-state index < -0.39 is 7.12 Å². The van der Waals surface area contributed by atoms with Gasteiger partial charge in [0.05, 0.1) is 12.7 Å². The van der Waals surface area contributed by atoms with Gasteiger partial charge < -0.3 is 15.0 Å². The van der Waals surface area contributed by atoms with Crippen LogP contribution in [0.3, 0.4) is 0 Å². The van der Waals surface area contributed by atoms with E-state index in [1.807, 2.05) is 6.07 Å². The van der Waals surface area contributed by atoms with Crippen molar-refractivity contribution in [2.24, 2.45) is 5.92 Å². The highest BCUT2D eigenvalue weighted by molar-refractivity contribution is 6.61. The summed E-state index contributed by atoms with van der Waals surface area (Å²) in [6, 6.07) is 7.62. The summed E-state index contributed by atoms with van der Waals surface area (Å²) >= 11 is 0. The molecule has 5 nitrogen and oxygen atoms in total. The lowest BCUT2D eigenvalue weighted by Crippen LogP contribution is -2.34. The normalized spacial score (nSPS) is 23.7. The summed E-state index contributed by atoms with van der Waals surface area (Å²) in [5.41, 5.74) is 2.15. The van der Waals surface area contributed by atoms with Gasteiger partial charge >= 0.3 is 7.12 Å². The van der Waals surface area contributed by atoms with Crippen LogP contribution in [-0.2, 0) is 11.3 Å². The van der Waals surface area contributed by atoms with Crippen molar-refractivity contribution < 1.29 is 14.5 Å². The van der Waals surface area contributed by atoms with Crippen LogP contribution in [0.4, 0.5) is 0 Å². The van der Waals surface area contributed by atoms with E-state index in [4.69, 9.17) is 9.92 Å². The summed E-state index contributed by atoms with van der Waals surface area (Å²) in [7, 11) is -0.931. The molecule has 2 N–H and O–H groups in total. The minimum atomic E-state index is -0.931. The van der Waals surface area contributed by atoms with E-state index in [1.54, 1.807) is 12.1 Å². The predicted octanol–water partition coefficient (Wildman–Crippen LogP) is 0.716. The molecule has 0 radical (unpaired) electrons. The first-order valence-corrected chi connectivity index (χ1v) is 7.27. The largest absolute Gasteiger partial charge is 0.491 e. The van der Waals surface area contributed by atoms with Gasteiger partial charge in [0.1, 0.15) is 0 Å². The molecular formula is C15H17BN2O3. The average Bonchev–Trinajstić information content (AvgIpc) is 3.06. The van der Waals surface area contributed by atoms with Gasteiger partial charge in [0.2, 0.25) is 0 Å². The average molecular weight is 284 g/mol. The van der Waals surface area contributed by atoms with Crippen LogP contribution in [0.15, 0.2) is 18.2 Å². The van der Waals surface area contributed by atoms with E-state index >= 15 is 0 Å². The molecule has 0 saturated heterocycles. The van der Waals surface area contributed by atoms with E-state index in [-0.39, 0.29) is 11.9 Å². The van der Waals surface area contributed by atoms with Gasteiger partial charge in [-0.3, -0.25) is 4.79 Å². The zero-order valence-electron chi connectivity index (χ0n) is 11.7. The molecule has 1 aromatic carbocycles. The molecule has 0 unspecified atom stereocenters. The van der Waals surface area contributed by atoms with Crippen molar-refractivity contribution in [2.45, 2.75) is 38.3 Å². The second kappa shape index (κ2) is 5.88. The van der Waals surface area contributed by atoms with Crippen LogP contribution < -0.4 is 10.8 Å². The number of nitrogens with one attached hydrogen (secondary N) is 1. The van der Waals surface area contributed by atoms with Gasteiger partial charge in [0, 0.05) is 18.0 Å². The number of benzene rings is 1. The summed E-state index contributed by atoms with van der Waals surface area (Å²) < 4.78 is 5.13. The molecule has 1 aliphatic carbocycles. The molecule has 2 aliphatic rings. The van der Waals surface area contributed by atoms with Crippen molar-refractivity contribution in [1.82, 2.24) is 5.32 Å². The predicted molar refractivity (Wildman–Crippen MR) is 77.7 cm³/mol. The first kappa shape index (κ1) is 14.1. The zero-order valence-corrected chi connectivity index (χ0v) is 11.7. The lowest BCUT2D eigenvalue weighted by atomic mass is 9.79. The smallest absolute Gasteiger partial charge is 0.423 e. The van der Waals surface area contributed by atoms with Crippen LogP contribution in [0.25, 0.3) is 0 Å². The number of rotatable bonds is 3. The van der Waals surface area contributed by atoms with Crippen molar-refractivity contribution in [3.63, 3.8) is 0 Å².